The normalized spacial score (nSPS) is 23.6. The van der Waals surface area contributed by atoms with Gasteiger partial charge in [0.15, 0.2) is 0 Å². The van der Waals surface area contributed by atoms with Crippen molar-refractivity contribution in [3.05, 3.63) is 29.3 Å². The average Bonchev–Trinajstić information content (AvgIpc) is 2.39. The molecule has 0 aromatic heterocycles. The van der Waals surface area contributed by atoms with Gasteiger partial charge in [0.1, 0.15) is 17.6 Å². The first-order valence-electron chi connectivity index (χ1n) is 7.11. The molecule has 96 valence electrons. The number of benzene rings is 1. The Balaban J connectivity index is 1.70. The summed E-state index contributed by atoms with van der Waals surface area (Å²) in [6.45, 7) is 0. The molecule has 1 saturated carbocycles. The molecule has 1 fully saturated rings. The van der Waals surface area contributed by atoms with Gasteiger partial charge in [-0.05, 0) is 61.8 Å². The number of carbonyl (C=O) groups is 1. The van der Waals surface area contributed by atoms with Gasteiger partial charge >= 0.3 is 0 Å². The lowest BCUT2D eigenvalue weighted by molar-refractivity contribution is -0.122. The highest BCUT2D eigenvalue weighted by molar-refractivity contribution is 5.79. The molecule has 0 bridgehead atoms. The van der Waals surface area contributed by atoms with E-state index in [9.17, 15) is 4.79 Å². The number of fused-ring (bicyclic) bond motifs is 1. The molecule has 18 heavy (non-hydrogen) atoms. The Bertz CT molecular complexity index is 450. The Kier molecular flexibility index (Phi) is 3.35. The van der Waals surface area contributed by atoms with E-state index < -0.39 is 0 Å². The second-order valence-corrected chi connectivity index (χ2v) is 5.51. The van der Waals surface area contributed by atoms with Crippen molar-refractivity contribution < 1.29 is 9.53 Å². The molecule has 3 rings (SSSR count). The van der Waals surface area contributed by atoms with Crippen molar-refractivity contribution in [3.63, 3.8) is 0 Å². The third-order valence-electron chi connectivity index (χ3n) is 4.06. The van der Waals surface area contributed by atoms with Crippen LogP contribution in [0, 0.1) is 0 Å². The minimum atomic E-state index is 0.105. The Morgan fingerprint density at radius 3 is 2.67 bits per heavy atom. The summed E-state index contributed by atoms with van der Waals surface area (Å²) < 4.78 is 5.97. The number of hydrogen-bond donors (Lipinski definition) is 0. The van der Waals surface area contributed by atoms with Gasteiger partial charge in [0.05, 0.1) is 0 Å². The number of ether oxygens (including phenoxy) is 1. The van der Waals surface area contributed by atoms with Crippen LogP contribution in [0.2, 0.25) is 0 Å². The third-order valence-corrected chi connectivity index (χ3v) is 4.06. The van der Waals surface area contributed by atoms with Crippen molar-refractivity contribution in [2.24, 2.45) is 0 Å². The molecule has 0 amide bonds. The third kappa shape index (κ3) is 2.58. The molecule has 0 aliphatic heterocycles. The second-order valence-electron chi connectivity index (χ2n) is 5.51. The molecule has 2 aliphatic carbocycles. The Morgan fingerprint density at radius 2 is 1.83 bits per heavy atom. The van der Waals surface area contributed by atoms with Crippen LogP contribution in [-0.2, 0) is 17.6 Å². The maximum atomic E-state index is 11.4. The first-order chi connectivity index (χ1) is 8.81. The second kappa shape index (κ2) is 5.13. The minimum Gasteiger partial charge on any atom is -0.490 e. The maximum Gasteiger partial charge on any atom is 0.136 e. The van der Waals surface area contributed by atoms with Gasteiger partial charge in [-0.25, -0.2) is 0 Å². The topological polar surface area (TPSA) is 26.3 Å². The van der Waals surface area contributed by atoms with Gasteiger partial charge in [-0.1, -0.05) is 6.07 Å². The zero-order valence-corrected chi connectivity index (χ0v) is 10.8. The van der Waals surface area contributed by atoms with Gasteiger partial charge in [0, 0.05) is 12.8 Å². The lowest BCUT2D eigenvalue weighted by atomic mass is 9.91. The van der Waals surface area contributed by atoms with Gasteiger partial charge in [-0.3, -0.25) is 4.79 Å². The molecular weight excluding hydrogens is 224 g/mol. The van der Waals surface area contributed by atoms with E-state index in [0.29, 0.717) is 12.2 Å². The molecule has 0 N–H and O–H groups in total. The average molecular weight is 244 g/mol. The molecular formula is C16H20O2. The van der Waals surface area contributed by atoms with Gasteiger partial charge < -0.3 is 4.74 Å². The lowest BCUT2D eigenvalue weighted by Crippen LogP contribution is -2.25. The van der Waals surface area contributed by atoms with Crippen LogP contribution in [0.1, 0.15) is 49.7 Å². The van der Waals surface area contributed by atoms with Crippen molar-refractivity contribution in [1.82, 2.24) is 0 Å². The van der Waals surface area contributed by atoms with Crippen LogP contribution in [0.4, 0.5) is 0 Å². The monoisotopic (exact) mass is 244 g/mol. The smallest absolute Gasteiger partial charge is 0.136 e. The molecule has 0 saturated heterocycles. The van der Waals surface area contributed by atoms with E-state index in [0.717, 1.165) is 25.0 Å². The molecule has 1 aromatic rings. The largest absolute Gasteiger partial charge is 0.490 e. The van der Waals surface area contributed by atoms with Crippen molar-refractivity contribution in [3.8, 4) is 5.75 Å². The van der Waals surface area contributed by atoms with Crippen LogP contribution >= 0.6 is 0 Å². The molecule has 2 nitrogen and oxygen atoms in total. The fraction of sp³-hybridized carbons (Fsp3) is 0.562. The molecule has 0 radical (unpaired) electrons. The molecule has 2 aliphatic rings. The van der Waals surface area contributed by atoms with Gasteiger partial charge in [0.25, 0.3) is 0 Å². The summed E-state index contributed by atoms with van der Waals surface area (Å²) in [4.78, 5) is 11.4. The molecule has 1 unspecified atom stereocenters. The van der Waals surface area contributed by atoms with E-state index >= 15 is 0 Å². The van der Waals surface area contributed by atoms with Crippen LogP contribution in [0.25, 0.3) is 0 Å². The predicted molar refractivity (Wildman–Crippen MR) is 71.0 cm³/mol. The fourth-order valence-electron chi connectivity index (χ4n) is 3.06. The quantitative estimate of drug-likeness (QED) is 0.796. The summed E-state index contributed by atoms with van der Waals surface area (Å²) in [7, 11) is 0. The van der Waals surface area contributed by atoms with Gasteiger partial charge in [-0.2, -0.15) is 0 Å². The number of carbonyl (C=O) groups excluding carboxylic acids is 1. The standard InChI is InChI=1S/C16H20O2/c17-14-6-3-7-15(11-14)18-16-9-8-12-4-1-2-5-13(12)10-16/h8-10,15H,1-7,11H2. The van der Waals surface area contributed by atoms with Crippen LogP contribution in [-0.4, -0.2) is 11.9 Å². The highest BCUT2D eigenvalue weighted by atomic mass is 16.5. The zero-order valence-electron chi connectivity index (χ0n) is 10.8. The highest BCUT2D eigenvalue weighted by Gasteiger charge is 2.21. The Morgan fingerprint density at radius 1 is 1.00 bits per heavy atom. The summed E-state index contributed by atoms with van der Waals surface area (Å²) in [5.41, 5.74) is 2.93. The van der Waals surface area contributed by atoms with Crippen molar-refractivity contribution in [2.75, 3.05) is 0 Å². The van der Waals surface area contributed by atoms with Crippen LogP contribution in [0.3, 0.4) is 0 Å². The highest BCUT2D eigenvalue weighted by Crippen LogP contribution is 2.27. The molecule has 0 spiro atoms. The number of ketones is 1. The zero-order chi connectivity index (χ0) is 12.4. The van der Waals surface area contributed by atoms with E-state index in [1.807, 2.05) is 0 Å². The molecule has 1 aromatic carbocycles. The van der Waals surface area contributed by atoms with Crippen LogP contribution < -0.4 is 4.74 Å². The summed E-state index contributed by atoms with van der Waals surface area (Å²) in [6, 6.07) is 6.46. The van der Waals surface area contributed by atoms with Gasteiger partial charge in [-0.15, -0.1) is 0 Å². The number of hydrogen-bond acceptors (Lipinski definition) is 2. The summed E-state index contributed by atoms with van der Waals surface area (Å²) >= 11 is 0. The number of rotatable bonds is 2. The molecule has 0 heterocycles. The first kappa shape index (κ1) is 11.8. The number of Topliss-reactive ketones (excluding diaryl/α,β-unsaturated/α-hetero) is 1. The SMILES string of the molecule is O=C1CCCC(Oc2ccc3c(c2)CCCC3)C1. The van der Waals surface area contributed by atoms with Crippen LogP contribution in [0.5, 0.6) is 5.75 Å². The Hall–Kier alpha value is -1.31. The van der Waals surface area contributed by atoms with Crippen molar-refractivity contribution in [2.45, 2.75) is 57.5 Å². The van der Waals surface area contributed by atoms with Gasteiger partial charge in [0.2, 0.25) is 0 Å². The van der Waals surface area contributed by atoms with E-state index in [1.165, 1.54) is 36.8 Å². The lowest BCUT2D eigenvalue weighted by Gasteiger charge is -2.23. The summed E-state index contributed by atoms with van der Waals surface area (Å²) in [5.74, 6) is 1.31. The number of aryl methyl sites for hydroxylation is 2. The first-order valence-corrected chi connectivity index (χ1v) is 7.11. The summed E-state index contributed by atoms with van der Waals surface area (Å²) in [5, 5.41) is 0. The van der Waals surface area contributed by atoms with Crippen molar-refractivity contribution >= 4 is 5.78 Å². The molecule has 1 atom stereocenters. The van der Waals surface area contributed by atoms with Crippen molar-refractivity contribution in [1.29, 1.82) is 0 Å². The van der Waals surface area contributed by atoms with Crippen LogP contribution in [0.15, 0.2) is 18.2 Å². The molecule has 2 heteroatoms. The fourth-order valence-corrected chi connectivity index (χ4v) is 3.06. The van der Waals surface area contributed by atoms with E-state index in [4.69, 9.17) is 4.74 Å². The maximum absolute atomic E-state index is 11.4. The van der Waals surface area contributed by atoms with E-state index in [1.54, 1.807) is 0 Å². The Labute approximate surface area is 108 Å². The van der Waals surface area contributed by atoms with E-state index in [-0.39, 0.29) is 6.10 Å². The predicted octanol–water partition coefficient (Wildman–Crippen LogP) is 3.46. The summed E-state index contributed by atoms with van der Waals surface area (Å²) in [6.07, 6.45) is 8.42. The van der Waals surface area contributed by atoms with E-state index in [2.05, 4.69) is 18.2 Å². The minimum absolute atomic E-state index is 0.105.